The molecule has 0 bridgehead atoms. The van der Waals surface area contributed by atoms with Crippen molar-refractivity contribution >= 4 is 15.9 Å². The summed E-state index contributed by atoms with van der Waals surface area (Å²) in [6.07, 6.45) is 1.42. The molecule has 3 rings (SSSR count). The Morgan fingerprint density at radius 2 is 2.03 bits per heavy atom. The summed E-state index contributed by atoms with van der Waals surface area (Å²) in [7, 11) is -2.19. The fraction of sp³-hybridized carbons (Fsp3) is 0.625. The van der Waals surface area contributed by atoms with E-state index in [0.29, 0.717) is 24.4 Å². The van der Waals surface area contributed by atoms with Crippen LogP contribution in [0, 0.1) is 23.7 Å². The van der Waals surface area contributed by atoms with Crippen molar-refractivity contribution in [2.45, 2.75) is 63.2 Å². The number of benzene rings is 1. The van der Waals surface area contributed by atoms with Crippen LogP contribution in [-0.4, -0.2) is 78.7 Å². The predicted octanol–water partition coefficient (Wildman–Crippen LogP) is 1.45. The molecule has 9 heteroatoms. The summed E-state index contributed by atoms with van der Waals surface area (Å²) in [5.41, 5.74) is 0.511. The summed E-state index contributed by atoms with van der Waals surface area (Å²) in [6.45, 7) is 5.25. The van der Waals surface area contributed by atoms with Gasteiger partial charge in [0.2, 0.25) is 15.9 Å². The summed E-state index contributed by atoms with van der Waals surface area (Å²) in [5, 5.41) is 19.2. The van der Waals surface area contributed by atoms with E-state index < -0.39 is 28.3 Å². The molecule has 1 aliphatic carbocycles. The first kappa shape index (κ1) is 25.5. The standard InChI is InChI=1S/C24H34N2O6S/c1-16-13-26(17(2)15-27)33(30,31)23-10-9-19(6-5-18(3)28)11-21(23)32-22(16)14-25(4)24(29)12-20-7-8-20/h9-11,16-18,20,22,27-28H,7-8,12-15H2,1-4H3/t16-,17-,18-,22+/m0/s1. The first-order chi connectivity index (χ1) is 15.5. The Hall–Kier alpha value is -2.12. The number of hydrogen-bond donors (Lipinski definition) is 2. The van der Waals surface area contributed by atoms with E-state index in [0.717, 1.165) is 12.8 Å². The SMILES string of the molecule is C[C@H](O)C#Cc1ccc2c(c1)O[C@H](CN(C)C(=O)CC1CC1)[C@@H](C)CN([C@@H](C)CO)S2(=O)=O. The smallest absolute Gasteiger partial charge is 0.247 e. The number of hydrogen-bond acceptors (Lipinski definition) is 6. The van der Waals surface area contributed by atoms with E-state index in [4.69, 9.17) is 4.74 Å². The average molecular weight is 479 g/mol. The molecule has 1 aliphatic heterocycles. The summed E-state index contributed by atoms with van der Waals surface area (Å²) >= 11 is 0. The highest BCUT2D eigenvalue weighted by Crippen LogP contribution is 2.35. The van der Waals surface area contributed by atoms with Crippen molar-refractivity contribution in [3.63, 3.8) is 0 Å². The van der Waals surface area contributed by atoms with Crippen LogP contribution in [-0.2, 0) is 14.8 Å². The topological polar surface area (TPSA) is 107 Å². The van der Waals surface area contributed by atoms with Gasteiger partial charge in [0.05, 0.1) is 13.2 Å². The lowest BCUT2D eigenvalue weighted by molar-refractivity contribution is -0.131. The lowest BCUT2D eigenvalue weighted by Crippen LogP contribution is -2.50. The van der Waals surface area contributed by atoms with E-state index in [1.165, 1.54) is 10.4 Å². The molecule has 0 radical (unpaired) electrons. The quantitative estimate of drug-likeness (QED) is 0.600. The normalized spacial score (nSPS) is 24.2. The summed E-state index contributed by atoms with van der Waals surface area (Å²) < 4.78 is 34.5. The van der Waals surface area contributed by atoms with Gasteiger partial charge in [-0.1, -0.05) is 18.8 Å². The zero-order chi connectivity index (χ0) is 24.3. The van der Waals surface area contributed by atoms with Crippen LogP contribution in [0.1, 0.15) is 45.6 Å². The van der Waals surface area contributed by atoms with E-state index in [-0.39, 0.29) is 35.6 Å². The van der Waals surface area contributed by atoms with Crippen LogP contribution >= 0.6 is 0 Å². The van der Waals surface area contributed by atoms with Crippen molar-refractivity contribution in [3.05, 3.63) is 23.8 Å². The van der Waals surface area contributed by atoms with E-state index in [2.05, 4.69) is 11.8 Å². The molecule has 0 aromatic heterocycles. The van der Waals surface area contributed by atoms with Gasteiger partial charge in [-0.15, -0.1) is 0 Å². The van der Waals surface area contributed by atoms with Crippen LogP contribution in [0.4, 0.5) is 0 Å². The minimum Gasteiger partial charge on any atom is -0.487 e. The van der Waals surface area contributed by atoms with Crippen LogP contribution < -0.4 is 4.74 Å². The molecule has 0 unspecified atom stereocenters. The van der Waals surface area contributed by atoms with Gasteiger partial charge in [-0.05, 0) is 50.8 Å². The van der Waals surface area contributed by atoms with Crippen molar-refractivity contribution in [2.75, 3.05) is 26.7 Å². The van der Waals surface area contributed by atoms with Crippen LogP contribution in [0.5, 0.6) is 5.75 Å². The molecule has 4 atom stereocenters. The second-order valence-corrected chi connectivity index (χ2v) is 11.1. The molecule has 1 heterocycles. The summed E-state index contributed by atoms with van der Waals surface area (Å²) in [6, 6.07) is 3.96. The minimum atomic E-state index is -3.94. The zero-order valence-electron chi connectivity index (χ0n) is 19.7. The van der Waals surface area contributed by atoms with E-state index in [9.17, 15) is 23.4 Å². The molecule has 0 spiro atoms. The highest BCUT2D eigenvalue weighted by molar-refractivity contribution is 7.89. The van der Waals surface area contributed by atoms with Crippen LogP contribution in [0.25, 0.3) is 0 Å². The molecule has 1 aromatic rings. The van der Waals surface area contributed by atoms with E-state index in [1.807, 2.05) is 6.92 Å². The van der Waals surface area contributed by atoms with Crippen LogP contribution in [0.15, 0.2) is 23.1 Å². The number of aliphatic hydroxyl groups is 2. The van der Waals surface area contributed by atoms with Gasteiger partial charge >= 0.3 is 0 Å². The lowest BCUT2D eigenvalue weighted by atomic mass is 10.0. The Morgan fingerprint density at radius 1 is 1.33 bits per heavy atom. The maximum atomic E-state index is 13.5. The van der Waals surface area contributed by atoms with Crippen molar-refractivity contribution in [1.29, 1.82) is 0 Å². The van der Waals surface area contributed by atoms with Gasteiger partial charge in [-0.2, -0.15) is 4.31 Å². The molecule has 1 aromatic carbocycles. The second kappa shape index (κ2) is 10.4. The maximum absolute atomic E-state index is 13.5. The van der Waals surface area contributed by atoms with Gasteiger partial charge in [0.15, 0.2) is 0 Å². The highest BCUT2D eigenvalue weighted by Gasteiger charge is 2.38. The molecule has 1 fully saturated rings. The third-order valence-corrected chi connectivity index (χ3v) is 8.15. The number of ether oxygens (including phenoxy) is 1. The molecular weight excluding hydrogens is 444 g/mol. The number of rotatable bonds is 6. The van der Waals surface area contributed by atoms with Crippen LogP contribution in [0.3, 0.4) is 0 Å². The minimum absolute atomic E-state index is 0.00532. The summed E-state index contributed by atoms with van der Waals surface area (Å²) in [4.78, 5) is 14.2. The van der Waals surface area contributed by atoms with E-state index in [1.54, 1.807) is 37.9 Å². The zero-order valence-corrected chi connectivity index (χ0v) is 20.5. The number of amides is 1. The summed E-state index contributed by atoms with van der Waals surface area (Å²) in [5.74, 6) is 5.91. The Morgan fingerprint density at radius 3 is 2.64 bits per heavy atom. The molecule has 2 aliphatic rings. The third-order valence-electron chi connectivity index (χ3n) is 6.13. The Kier molecular flexibility index (Phi) is 8.06. The van der Waals surface area contributed by atoms with Gasteiger partial charge in [0.25, 0.3) is 0 Å². The van der Waals surface area contributed by atoms with Gasteiger partial charge in [-0.3, -0.25) is 4.79 Å². The largest absolute Gasteiger partial charge is 0.487 e. The average Bonchev–Trinajstić information content (AvgIpc) is 3.57. The number of nitrogens with zero attached hydrogens (tertiary/aromatic N) is 2. The highest BCUT2D eigenvalue weighted by atomic mass is 32.2. The lowest BCUT2D eigenvalue weighted by Gasteiger charge is -2.37. The molecule has 1 saturated carbocycles. The number of sulfonamides is 1. The predicted molar refractivity (Wildman–Crippen MR) is 124 cm³/mol. The number of fused-ring (bicyclic) bond motifs is 1. The number of carbonyl (C=O) groups is 1. The fourth-order valence-electron chi connectivity index (χ4n) is 3.81. The van der Waals surface area contributed by atoms with Crippen LogP contribution in [0.2, 0.25) is 0 Å². The molecule has 0 saturated heterocycles. The Labute approximate surface area is 196 Å². The van der Waals surface area contributed by atoms with Crippen molar-refractivity contribution in [1.82, 2.24) is 9.21 Å². The fourth-order valence-corrected chi connectivity index (χ4v) is 5.63. The molecular formula is C24H34N2O6S. The molecule has 8 nitrogen and oxygen atoms in total. The number of aliphatic hydroxyl groups excluding tert-OH is 2. The third kappa shape index (κ3) is 6.27. The van der Waals surface area contributed by atoms with Crippen molar-refractivity contribution in [2.24, 2.45) is 11.8 Å². The number of carbonyl (C=O) groups excluding carboxylic acids is 1. The van der Waals surface area contributed by atoms with Gasteiger partial charge < -0.3 is 19.8 Å². The van der Waals surface area contributed by atoms with Gasteiger partial charge in [0, 0.05) is 37.5 Å². The van der Waals surface area contributed by atoms with Gasteiger partial charge in [-0.25, -0.2) is 8.42 Å². The van der Waals surface area contributed by atoms with Crippen molar-refractivity contribution in [3.8, 4) is 17.6 Å². The Balaban J connectivity index is 1.99. The van der Waals surface area contributed by atoms with Gasteiger partial charge in [0.1, 0.15) is 22.9 Å². The number of likely N-dealkylation sites (N-methyl/N-ethyl adjacent to an activating group) is 1. The van der Waals surface area contributed by atoms with E-state index >= 15 is 0 Å². The molecule has 33 heavy (non-hydrogen) atoms. The second-order valence-electron chi connectivity index (χ2n) is 9.27. The molecule has 1 amide bonds. The molecule has 182 valence electrons. The first-order valence-electron chi connectivity index (χ1n) is 11.4. The first-order valence-corrected chi connectivity index (χ1v) is 12.8. The monoisotopic (exact) mass is 478 g/mol. The maximum Gasteiger partial charge on any atom is 0.247 e. The Bertz CT molecular complexity index is 1030. The van der Waals surface area contributed by atoms with Crippen molar-refractivity contribution < 1.29 is 28.2 Å². The molecule has 2 N–H and O–H groups in total.